The largest absolute Gasteiger partial charge is 0.494 e. The lowest BCUT2D eigenvalue weighted by Gasteiger charge is -2.09. The molecule has 0 saturated carbocycles. The van der Waals surface area contributed by atoms with Crippen LogP contribution in [-0.4, -0.2) is 19.1 Å². The number of ether oxygens (including phenoxy) is 3. The molecule has 0 saturated heterocycles. The van der Waals surface area contributed by atoms with Crippen LogP contribution < -0.4 is 25.0 Å². The number of hydrogen-bond acceptors (Lipinski definition) is 6. The molecule has 7 nitrogen and oxygen atoms in total. The molecule has 0 aliphatic heterocycles. The summed E-state index contributed by atoms with van der Waals surface area (Å²) < 4.78 is 22.2. The Labute approximate surface area is 190 Å². The maximum atomic E-state index is 12.8. The number of hydrogen-bond donors (Lipinski definition) is 1. The first-order chi connectivity index (χ1) is 16.0. The number of aryl methyl sites for hydroxylation is 1. The molecule has 0 aliphatic carbocycles. The number of carbonyl (C=O) groups excluding carboxylic acids is 1. The summed E-state index contributed by atoms with van der Waals surface area (Å²) in [6.07, 6.45) is 1.27. The van der Waals surface area contributed by atoms with E-state index in [1.165, 1.54) is 6.26 Å². The number of carbonyl (C=O) groups is 1. The van der Waals surface area contributed by atoms with Crippen LogP contribution in [0.25, 0.3) is 11.0 Å². The average molecular weight is 445 g/mol. The van der Waals surface area contributed by atoms with Crippen molar-refractivity contribution in [3.8, 4) is 23.0 Å². The highest BCUT2D eigenvalue weighted by atomic mass is 16.5. The minimum absolute atomic E-state index is 0.0940. The number of anilines is 1. The fourth-order valence-electron chi connectivity index (χ4n) is 3.20. The first kappa shape index (κ1) is 22.0. The molecule has 0 radical (unpaired) electrons. The van der Waals surface area contributed by atoms with Crippen molar-refractivity contribution in [2.24, 2.45) is 0 Å². The van der Waals surface area contributed by atoms with Gasteiger partial charge in [-0.15, -0.1) is 0 Å². The zero-order chi connectivity index (χ0) is 23.2. The second-order valence-electron chi connectivity index (χ2n) is 7.30. The van der Waals surface area contributed by atoms with Crippen LogP contribution in [0.15, 0.2) is 82.2 Å². The number of amides is 1. The van der Waals surface area contributed by atoms with Crippen LogP contribution in [-0.2, 0) is 4.79 Å². The van der Waals surface area contributed by atoms with E-state index in [9.17, 15) is 9.59 Å². The highest BCUT2D eigenvalue weighted by Gasteiger charge is 2.11. The molecule has 33 heavy (non-hydrogen) atoms. The minimum atomic E-state index is -0.317. The molecule has 1 N–H and O–H groups in total. The molecule has 0 bridgehead atoms. The monoisotopic (exact) mass is 445 g/mol. The van der Waals surface area contributed by atoms with Crippen LogP contribution in [0.2, 0.25) is 0 Å². The molecule has 0 spiro atoms. The highest BCUT2D eigenvalue weighted by Crippen LogP contribution is 2.24. The lowest BCUT2D eigenvalue weighted by atomic mass is 10.2. The molecule has 1 amide bonds. The van der Waals surface area contributed by atoms with E-state index in [1.807, 2.05) is 32.0 Å². The second kappa shape index (κ2) is 9.91. The van der Waals surface area contributed by atoms with E-state index in [1.54, 1.807) is 48.5 Å². The van der Waals surface area contributed by atoms with Gasteiger partial charge < -0.3 is 23.9 Å². The van der Waals surface area contributed by atoms with Crippen LogP contribution in [0.4, 0.5) is 5.69 Å². The first-order valence-corrected chi connectivity index (χ1v) is 10.5. The van der Waals surface area contributed by atoms with E-state index in [2.05, 4.69) is 5.32 Å². The van der Waals surface area contributed by atoms with Crippen molar-refractivity contribution >= 4 is 22.6 Å². The van der Waals surface area contributed by atoms with Crippen molar-refractivity contribution in [1.29, 1.82) is 0 Å². The highest BCUT2D eigenvalue weighted by molar-refractivity contribution is 5.92. The van der Waals surface area contributed by atoms with Gasteiger partial charge in [-0.3, -0.25) is 9.59 Å². The predicted octanol–water partition coefficient (Wildman–Crippen LogP) is 5.31. The molecule has 7 heteroatoms. The Bertz CT molecular complexity index is 1330. The summed E-state index contributed by atoms with van der Waals surface area (Å²) in [6, 6.07) is 19.2. The van der Waals surface area contributed by atoms with E-state index in [4.69, 9.17) is 18.6 Å². The van der Waals surface area contributed by atoms with E-state index in [-0.39, 0.29) is 23.7 Å². The van der Waals surface area contributed by atoms with Crippen molar-refractivity contribution < 1.29 is 23.4 Å². The van der Waals surface area contributed by atoms with Crippen LogP contribution in [0.1, 0.15) is 12.5 Å². The summed E-state index contributed by atoms with van der Waals surface area (Å²) in [5.41, 5.74) is 1.70. The topological polar surface area (TPSA) is 87.0 Å². The molecule has 1 aromatic heterocycles. The molecule has 3 aromatic carbocycles. The van der Waals surface area contributed by atoms with Gasteiger partial charge in [0.15, 0.2) is 6.61 Å². The van der Waals surface area contributed by atoms with E-state index < -0.39 is 0 Å². The number of rotatable bonds is 8. The van der Waals surface area contributed by atoms with Crippen molar-refractivity contribution in [3.05, 3.63) is 88.8 Å². The lowest BCUT2D eigenvalue weighted by Crippen LogP contribution is -2.20. The fourth-order valence-corrected chi connectivity index (χ4v) is 3.20. The summed E-state index contributed by atoms with van der Waals surface area (Å²) in [4.78, 5) is 25.0. The number of nitrogens with one attached hydrogen (secondary N) is 1. The minimum Gasteiger partial charge on any atom is -0.494 e. The van der Waals surface area contributed by atoms with Crippen LogP contribution in [0.3, 0.4) is 0 Å². The van der Waals surface area contributed by atoms with Gasteiger partial charge >= 0.3 is 0 Å². The molecule has 0 fully saturated rings. The summed E-state index contributed by atoms with van der Waals surface area (Å²) in [5, 5.41) is 3.11. The Hall–Kier alpha value is -4.26. The van der Waals surface area contributed by atoms with Crippen molar-refractivity contribution in [1.82, 2.24) is 0 Å². The van der Waals surface area contributed by atoms with Crippen molar-refractivity contribution in [2.45, 2.75) is 13.8 Å². The van der Waals surface area contributed by atoms with E-state index in [0.717, 1.165) is 11.3 Å². The van der Waals surface area contributed by atoms with Crippen LogP contribution in [0.5, 0.6) is 23.0 Å². The normalized spacial score (nSPS) is 10.6. The van der Waals surface area contributed by atoms with Gasteiger partial charge in [0.05, 0.1) is 12.0 Å². The van der Waals surface area contributed by atoms with Gasteiger partial charge in [-0.1, -0.05) is 12.1 Å². The summed E-state index contributed by atoms with van der Waals surface area (Å²) in [6.45, 7) is 4.23. The summed E-state index contributed by atoms with van der Waals surface area (Å²) >= 11 is 0. The SMILES string of the molecule is CCOc1ccc(NC(=O)COc2ccc3c(=O)c(Oc4cccc(C)c4)coc3c2)cc1. The zero-order valence-corrected chi connectivity index (χ0v) is 18.3. The summed E-state index contributed by atoms with van der Waals surface area (Å²) in [7, 11) is 0. The first-order valence-electron chi connectivity index (χ1n) is 10.5. The van der Waals surface area contributed by atoms with Gasteiger partial charge in [0.25, 0.3) is 5.91 Å². The van der Waals surface area contributed by atoms with Crippen LogP contribution >= 0.6 is 0 Å². The van der Waals surface area contributed by atoms with Crippen molar-refractivity contribution in [3.63, 3.8) is 0 Å². The maximum absolute atomic E-state index is 12.8. The quantitative estimate of drug-likeness (QED) is 0.396. The average Bonchev–Trinajstić information content (AvgIpc) is 2.81. The predicted molar refractivity (Wildman–Crippen MR) is 125 cm³/mol. The Morgan fingerprint density at radius 2 is 1.73 bits per heavy atom. The molecular weight excluding hydrogens is 422 g/mol. The van der Waals surface area contributed by atoms with Gasteiger partial charge in [-0.25, -0.2) is 0 Å². The smallest absolute Gasteiger partial charge is 0.262 e. The third-order valence-corrected chi connectivity index (χ3v) is 4.75. The molecule has 0 atom stereocenters. The Balaban J connectivity index is 1.40. The number of benzene rings is 3. The van der Waals surface area contributed by atoms with Gasteiger partial charge in [-0.2, -0.15) is 0 Å². The summed E-state index contributed by atoms with van der Waals surface area (Å²) in [5.74, 6) is 1.47. The molecule has 0 unspecified atom stereocenters. The van der Waals surface area contributed by atoms with E-state index >= 15 is 0 Å². The van der Waals surface area contributed by atoms with Gasteiger partial charge in [0.2, 0.25) is 11.2 Å². The molecular formula is C26H23NO6. The maximum Gasteiger partial charge on any atom is 0.262 e. The third-order valence-electron chi connectivity index (χ3n) is 4.75. The fraction of sp³-hybridized carbons (Fsp3) is 0.154. The Morgan fingerprint density at radius 3 is 2.48 bits per heavy atom. The molecule has 4 rings (SSSR count). The van der Waals surface area contributed by atoms with Crippen LogP contribution in [0, 0.1) is 6.92 Å². The lowest BCUT2D eigenvalue weighted by molar-refractivity contribution is -0.118. The molecule has 0 aliphatic rings. The van der Waals surface area contributed by atoms with Crippen molar-refractivity contribution in [2.75, 3.05) is 18.5 Å². The van der Waals surface area contributed by atoms with Gasteiger partial charge in [-0.05, 0) is 67.9 Å². The number of fused-ring (bicyclic) bond motifs is 1. The standard InChI is InChI=1S/C26H23NO6/c1-3-30-19-9-7-18(8-10-19)27-25(28)16-31-20-11-12-22-23(14-20)32-15-24(26(22)29)33-21-6-4-5-17(2)13-21/h4-15H,3,16H2,1-2H3,(H,27,28). The van der Waals surface area contributed by atoms with Gasteiger partial charge in [0, 0.05) is 11.8 Å². The van der Waals surface area contributed by atoms with Gasteiger partial charge in [0.1, 0.15) is 29.1 Å². The molecule has 4 aromatic rings. The molecule has 168 valence electrons. The third kappa shape index (κ3) is 5.51. The Kier molecular flexibility index (Phi) is 6.59. The zero-order valence-electron chi connectivity index (χ0n) is 18.3. The molecule has 1 heterocycles. The Morgan fingerprint density at radius 1 is 0.939 bits per heavy atom. The van der Waals surface area contributed by atoms with E-state index in [0.29, 0.717) is 34.8 Å². The second-order valence-corrected chi connectivity index (χ2v) is 7.30.